The van der Waals surface area contributed by atoms with E-state index < -0.39 is 0 Å². The fraction of sp³-hybridized carbons (Fsp3) is 0.500. The van der Waals surface area contributed by atoms with Crippen LogP contribution in [0.2, 0.25) is 0 Å². The summed E-state index contributed by atoms with van der Waals surface area (Å²) in [5, 5.41) is 6.49. The molecule has 0 saturated carbocycles. The summed E-state index contributed by atoms with van der Waals surface area (Å²) >= 11 is 1.67. The summed E-state index contributed by atoms with van der Waals surface area (Å²) in [5.41, 5.74) is 1.58. The highest BCUT2D eigenvalue weighted by atomic mass is 32.1. The van der Waals surface area contributed by atoms with Gasteiger partial charge < -0.3 is 4.90 Å². The molecule has 5 heteroatoms. The van der Waals surface area contributed by atoms with Gasteiger partial charge in [0.1, 0.15) is 0 Å². The summed E-state index contributed by atoms with van der Waals surface area (Å²) < 4.78 is 1.81. The van der Waals surface area contributed by atoms with E-state index in [-0.39, 0.29) is 5.91 Å². The Balaban J connectivity index is 1.86. The molecule has 2 aromatic rings. The van der Waals surface area contributed by atoms with Crippen LogP contribution in [0.15, 0.2) is 23.6 Å². The van der Waals surface area contributed by atoms with Crippen LogP contribution in [0.5, 0.6) is 0 Å². The van der Waals surface area contributed by atoms with Crippen LogP contribution >= 0.6 is 11.3 Å². The Morgan fingerprint density at radius 1 is 1.48 bits per heavy atom. The van der Waals surface area contributed by atoms with Crippen LogP contribution in [0, 0.1) is 0 Å². The topological polar surface area (TPSA) is 38.1 Å². The van der Waals surface area contributed by atoms with Gasteiger partial charge in [0.25, 0.3) is 5.91 Å². The molecule has 0 bridgehead atoms. The number of carbonyl (C=O) groups excluding carboxylic acids is 1. The molecule has 1 fully saturated rings. The van der Waals surface area contributed by atoms with Gasteiger partial charge >= 0.3 is 0 Å². The molecule has 0 aliphatic carbocycles. The van der Waals surface area contributed by atoms with Crippen molar-refractivity contribution in [2.75, 3.05) is 6.54 Å². The summed E-state index contributed by atoms with van der Waals surface area (Å²) in [6, 6.07) is 6.38. The maximum absolute atomic E-state index is 12.8. The highest BCUT2D eigenvalue weighted by molar-refractivity contribution is 7.13. The van der Waals surface area contributed by atoms with Gasteiger partial charge in [-0.25, -0.2) is 0 Å². The predicted octanol–water partition coefficient (Wildman–Crippen LogP) is 3.55. The maximum Gasteiger partial charge on any atom is 0.274 e. The first-order chi connectivity index (χ1) is 10.2. The van der Waals surface area contributed by atoms with E-state index in [2.05, 4.69) is 18.1 Å². The number of thiophene rings is 1. The van der Waals surface area contributed by atoms with Crippen molar-refractivity contribution in [3.05, 3.63) is 29.3 Å². The molecular weight excluding hydrogens is 282 g/mol. The summed E-state index contributed by atoms with van der Waals surface area (Å²) in [6.07, 6.45) is 4.47. The third kappa shape index (κ3) is 2.75. The fourth-order valence-corrected chi connectivity index (χ4v) is 3.84. The van der Waals surface area contributed by atoms with Gasteiger partial charge in [0.15, 0.2) is 5.69 Å². The summed E-state index contributed by atoms with van der Waals surface area (Å²) in [4.78, 5) is 15.9. The van der Waals surface area contributed by atoms with Gasteiger partial charge in [-0.1, -0.05) is 13.0 Å². The number of aryl methyl sites for hydroxylation is 1. The van der Waals surface area contributed by atoms with Crippen LogP contribution in [-0.2, 0) is 7.05 Å². The minimum atomic E-state index is 0.0833. The lowest BCUT2D eigenvalue weighted by Gasteiger charge is -2.34. The number of rotatable bonds is 3. The number of hydrogen-bond acceptors (Lipinski definition) is 3. The maximum atomic E-state index is 12.8. The molecule has 0 radical (unpaired) electrons. The minimum Gasteiger partial charge on any atom is -0.334 e. The molecule has 2 aromatic heterocycles. The van der Waals surface area contributed by atoms with Gasteiger partial charge in [-0.2, -0.15) is 5.10 Å². The Kier molecular flexibility index (Phi) is 4.10. The van der Waals surface area contributed by atoms with E-state index in [1.165, 1.54) is 6.42 Å². The van der Waals surface area contributed by atoms with Crippen LogP contribution in [0.4, 0.5) is 0 Å². The molecule has 4 nitrogen and oxygen atoms in total. The van der Waals surface area contributed by atoms with Crippen molar-refractivity contribution in [1.82, 2.24) is 14.7 Å². The Bertz CT molecular complexity index is 618. The second kappa shape index (κ2) is 6.02. The van der Waals surface area contributed by atoms with Gasteiger partial charge in [-0.3, -0.25) is 9.48 Å². The number of aromatic nitrogens is 2. The lowest BCUT2D eigenvalue weighted by Crippen LogP contribution is -2.43. The zero-order valence-corrected chi connectivity index (χ0v) is 13.4. The molecule has 3 rings (SSSR count). The smallest absolute Gasteiger partial charge is 0.274 e. The van der Waals surface area contributed by atoms with Gasteiger partial charge in [-0.05, 0) is 43.2 Å². The molecule has 0 aromatic carbocycles. The third-order valence-electron chi connectivity index (χ3n) is 4.23. The monoisotopic (exact) mass is 303 g/mol. The molecule has 1 aliphatic rings. The molecule has 0 N–H and O–H groups in total. The lowest BCUT2D eigenvalue weighted by molar-refractivity contribution is 0.0601. The van der Waals surface area contributed by atoms with Crippen LogP contribution < -0.4 is 0 Å². The van der Waals surface area contributed by atoms with Crippen molar-refractivity contribution in [2.24, 2.45) is 7.05 Å². The molecule has 3 heterocycles. The quantitative estimate of drug-likeness (QED) is 0.869. The molecule has 1 saturated heterocycles. The van der Waals surface area contributed by atoms with Gasteiger partial charge in [0, 0.05) is 19.6 Å². The van der Waals surface area contributed by atoms with Crippen molar-refractivity contribution in [3.63, 3.8) is 0 Å². The average molecular weight is 303 g/mol. The molecule has 1 amide bonds. The van der Waals surface area contributed by atoms with E-state index in [9.17, 15) is 4.79 Å². The number of carbonyl (C=O) groups is 1. The molecule has 1 aliphatic heterocycles. The number of amides is 1. The zero-order chi connectivity index (χ0) is 14.8. The van der Waals surface area contributed by atoms with E-state index in [1.807, 2.05) is 34.1 Å². The Morgan fingerprint density at radius 2 is 2.33 bits per heavy atom. The minimum absolute atomic E-state index is 0.0833. The van der Waals surface area contributed by atoms with Crippen molar-refractivity contribution < 1.29 is 4.79 Å². The second-order valence-electron chi connectivity index (χ2n) is 5.57. The van der Waals surface area contributed by atoms with Crippen LogP contribution in [0.1, 0.15) is 43.1 Å². The summed E-state index contributed by atoms with van der Waals surface area (Å²) in [7, 11) is 1.90. The number of likely N-dealkylation sites (tertiary alicyclic amines) is 1. The number of piperidine rings is 1. The number of nitrogens with zero attached hydrogens (tertiary/aromatic N) is 3. The lowest BCUT2D eigenvalue weighted by atomic mass is 9.99. The Labute approximate surface area is 129 Å². The molecular formula is C16H21N3OS. The van der Waals surface area contributed by atoms with Crippen molar-refractivity contribution in [1.29, 1.82) is 0 Å². The molecule has 112 valence electrons. The summed E-state index contributed by atoms with van der Waals surface area (Å²) in [5.74, 6) is 0.0833. The highest BCUT2D eigenvalue weighted by Gasteiger charge is 2.28. The van der Waals surface area contributed by atoms with E-state index in [1.54, 1.807) is 11.3 Å². The third-order valence-corrected chi connectivity index (χ3v) is 5.12. The van der Waals surface area contributed by atoms with Crippen LogP contribution in [-0.4, -0.2) is 33.2 Å². The Hall–Kier alpha value is -1.62. The van der Waals surface area contributed by atoms with Gasteiger partial charge in [-0.15, -0.1) is 11.3 Å². The zero-order valence-electron chi connectivity index (χ0n) is 12.6. The largest absolute Gasteiger partial charge is 0.334 e. The Morgan fingerprint density at radius 3 is 3.05 bits per heavy atom. The molecule has 0 spiro atoms. The molecule has 1 atom stereocenters. The first-order valence-electron chi connectivity index (χ1n) is 7.59. The summed E-state index contributed by atoms with van der Waals surface area (Å²) in [6.45, 7) is 3.02. The SMILES string of the molecule is CCC1CCCCN1C(=O)c1cc(-c2cccs2)n(C)n1. The van der Waals surface area contributed by atoms with Crippen LogP contribution in [0.25, 0.3) is 10.6 Å². The molecule has 1 unspecified atom stereocenters. The highest BCUT2D eigenvalue weighted by Crippen LogP contribution is 2.27. The number of hydrogen-bond donors (Lipinski definition) is 0. The average Bonchev–Trinajstić information content (AvgIpc) is 3.15. The molecule has 21 heavy (non-hydrogen) atoms. The van der Waals surface area contributed by atoms with E-state index >= 15 is 0 Å². The van der Waals surface area contributed by atoms with E-state index in [0.717, 1.165) is 36.4 Å². The van der Waals surface area contributed by atoms with Crippen LogP contribution in [0.3, 0.4) is 0 Å². The predicted molar refractivity (Wildman–Crippen MR) is 85.5 cm³/mol. The normalized spacial score (nSPS) is 19.0. The van der Waals surface area contributed by atoms with Crippen molar-refractivity contribution in [2.45, 2.75) is 38.6 Å². The first kappa shape index (κ1) is 14.3. The van der Waals surface area contributed by atoms with Gasteiger partial charge in [0.2, 0.25) is 0 Å². The second-order valence-corrected chi connectivity index (χ2v) is 6.52. The van der Waals surface area contributed by atoms with Gasteiger partial charge in [0.05, 0.1) is 10.6 Å². The van der Waals surface area contributed by atoms with E-state index in [0.29, 0.717) is 11.7 Å². The van der Waals surface area contributed by atoms with Crippen molar-refractivity contribution in [3.8, 4) is 10.6 Å². The standard InChI is InChI=1S/C16H21N3OS/c1-3-12-7-4-5-9-19(12)16(20)13-11-14(18(2)17-13)15-8-6-10-21-15/h6,8,10-12H,3-5,7,9H2,1-2H3. The van der Waals surface area contributed by atoms with Crippen molar-refractivity contribution >= 4 is 17.2 Å². The fourth-order valence-electron chi connectivity index (χ4n) is 3.07. The first-order valence-corrected chi connectivity index (χ1v) is 8.47. The van der Waals surface area contributed by atoms with E-state index in [4.69, 9.17) is 0 Å².